The smallest absolute Gasteiger partial charge is 0.320 e. The Kier molecular flexibility index (Phi) is 10.9. The molecule has 0 spiro atoms. The molecule has 0 bridgehead atoms. The molecule has 12 nitrogen and oxygen atoms in total. The fraction of sp³-hybridized carbons (Fsp3) is 0.488. The Morgan fingerprint density at radius 3 is 2.52 bits per heavy atom. The second-order valence-electron chi connectivity index (χ2n) is 16.5. The number of aromatic nitrogens is 5. The van der Waals surface area contributed by atoms with Gasteiger partial charge in [0.25, 0.3) is 0 Å². The van der Waals surface area contributed by atoms with Crippen molar-refractivity contribution in [2.45, 2.75) is 102 Å². The maximum atomic E-state index is 13.8. The highest BCUT2D eigenvalue weighted by atomic mass is 19.1. The maximum Gasteiger partial charge on any atom is 0.320 e. The number of urea groups is 1. The van der Waals surface area contributed by atoms with Crippen molar-refractivity contribution in [3.8, 4) is 17.2 Å². The van der Waals surface area contributed by atoms with Crippen molar-refractivity contribution >= 4 is 23.4 Å². The molecule has 3 aliphatic rings. The van der Waals surface area contributed by atoms with Crippen LogP contribution in [0.25, 0.3) is 11.3 Å². The van der Waals surface area contributed by atoms with Gasteiger partial charge in [0.15, 0.2) is 5.65 Å². The van der Waals surface area contributed by atoms with Crippen LogP contribution in [0.2, 0.25) is 0 Å². The van der Waals surface area contributed by atoms with Crippen molar-refractivity contribution in [1.82, 2.24) is 34.6 Å². The van der Waals surface area contributed by atoms with Crippen LogP contribution in [0.3, 0.4) is 0 Å². The Morgan fingerprint density at radius 1 is 0.893 bits per heavy atom. The van der Waals surface area contributed by atoms with E-state index < -0.39 is 6.17 Å². The molecule has 2 N–H and O–H groups in total. The summed E-state index contributed by atoms with van der Waals surface area (Å²) in [6, 6.07) is 21.7. The lowest BCUT2D eigenvalue weighted by molar-refractivity contribution is 0.132. The lowest BCUT2D eigenvalue weighted by atomic mass is 9.85. The molecule has 0 unspecified atom stereocenters. The Labute approximate surface area is 328 Å². The van der Waals surface area contributed by atoms with E-state index in [1.165, 1.54) is 6.42 Å². The first-order valence-corrected chi connectivity index (χ1v) is 20.2. The average Bonchev–Trinajstić information content (AvgIpc) is 3.82. The minimum atomic E-state index is -0.692. The van der Waals surface area contributed by atoms with Crippen molar-refractivity contribution in [3.05, 3.63) is 89.7 Å². The zero-order chi connectivity index (χ0) is 38.8. The Balaban J connectivity index is 0.953. The number of ether oxygens (including phenoxy) is 2. The number of likely N-dealkylation sites (tertiary alicyclic amines) is 1. The fourth-order valence-corrected chi connectivity index (χ4v) is 8.17. The summed E-state index contributed by atoms with van der Waals surface area (Å²) < 4.78 is 30.2. The molecule has 0 saturated carbocycles. The zero-order valence-electron chi connectivity index (χ0n) is 33.0. The highest BCUT2D eigenvalue weighted by Gasteiger charge is 2.31. The molecule has 3 atom stereocenters. The number of amides is 2. The molecule has 5 aromatic rings. The maximum absolute atomic E-state index is 13.8. The normalized spacial score (nSPS) is 20.8. The van der Waals surface area contributed by atoms with Gasteiger partial charge in [0.05, 0.1) is 23.6 Å². The molecule has 13 heteroatoms. The van der Waals surface area contributed by atoms with Crippen LogP contribution < -0.4 is 25.0 Å². The SMILES string of the molecule is C[C@H]1CCCCN1c1nnc2ccc(O[C@@H]3CC[C@H](NC(=O)Nc4cc(C(C)(C)C)nn4-c4cccc(OCCN5CCC(F)CC5)c4)c4ccccc43)cn12. The van der Waals surface area contributed by atoms with Crippen LogP contribution in [-0.4, -0.2) is 80.3 Å². The number of pyridine rings is 1. The lowest BCUT2D eigenvalue weighted by Gasteiger charge is -2.33. The first-order valence-electron chi connectivity index (χ1n) is 20.2. The molecule has 56 heavy (non-hydrogen) atoms. The highest BCUT2D eigenvalue weighted by molar-refractivity contribution is 5.89. The summed E-state index contributed by atoms with van der Waals surface area (Å²) in [5.74, 6) is 2.88. The molecule has 1 aliphatic carbocycles. The van der Waals surface area contributed by atoms with Crippen LogP contribution in [0.4, 0.5) is 21.0 Å². The minimum Gasteiger partial charge on any atom is -0.492 e. The van der Waals surface area contributed by atoms with E-state index in [1.807, 2.05) is 65.2 Å². The second kappa shape index (κ2) is 16.1. The Hall–Kier alpha value is -5.17. The first-order chi connectivity index (χ1) is 27.1. The quantitative estimate of drug-likeness (QED) is 0.147. The Bertz CT molecular complexity index is 2140. The molecular weight excluding hydrogens is 710 g/mol. The monoisotopic (exact) mass is 763 g/mol. The van der Waals surface area contributed by atoms with Gasteiger partial charge in [-0.25, -0.2) is 13.9 Å². The molecule has 2 aromatic carbocycles. The van der Waals surface area contributed by atoms with Crippen LogP contribution in [0.15, 0.2) is 72.9 Å². The number of carbonyl (C=O) groups is 1. The number of benzene rings is 2. The number of piperidine rings is 2. The number of rotatable bonds is 10. The highest BCUT2D eigenvalue weighted by Crippen LogP contribution is 2.39. The molecule has 5 heterocycles. The number of alkyl halides is 1. The second-order valence-corrected chi connectivity index (χ2v) is 16.5. The number of carbonyl (C=O) groups excluding carboxylic acids is 1. The average molecular weight is 764 g/mol. The molecule has 2 aliphatic heterocycles. The summed E-state index contributed by atoms with van der Waals surface area (Å²) in [7, 11) is 0. The Morgan fingerprint density at radius 2 is 1.71 bits per heavy atom. The van der Waals surface area contributed by atoms with Crippen molar-refractivity contribution in [1.29, 1.82) is 0 Å². The van der Waals surface area contributed by atoms with Crippen LogP contribution in [0.5, 0.6) is 11.5 Å². The summed E-state index contributed by atoms with van der Waals surface area (Å²) in [5, 5.41) is 20.3. The third-order valence-electron chi connectivity index (χ3n) is 11.4. The van der Waals surface area contributed by atoms with Gasteiger partial charge in [-0.3, -0.25) is 14.6 Å². The number of anilines is 2. The van der Waals surface area contributed by atoms with E-state index in [9.17, 15) is 9.18 Å². The van der Waals surface area contributed by atoms with E-state index in [4.69, 9.17) is 14.6 Å². The summed E-state index contributed by atoms with van der Waals surface area (Å²) in [4.78, 5) is 18.4. The molecule has 2 fully saturated rings. The van der Waals surface area contributed by atoms with Crippen LogP contribution >= 0.6 is 0 Å². The molecule has 8 rings (SSSR count). The summed E-state index contributed by atoms with van der Waals surface area (Å²) in [6.45, 7) is 12.3. The van der Waals surface area contributed by atoms with Gasteiger partial charge in [-0.15, -0.1) is 10.2 Å². The van der Waals surface area contributed by atoms with Crippen molar-refractivity contribution < 1.29 is 18.7 Å². The van der Waals surface area contributed by atoms with E-state index in [0.29, 0.717) is 43.5 Å². The minimum absolute atomic E-state index is 0.175. The van der Waals surface area contributed by atoms with Crippen LogP contribution in [-0.2, 0) is 5.41 Å². The number of nitrogens with one attached hydrogen (secondary N) is 2. The van der Waals surface area contributed by atoms with Crippen molar-refractivity contribution in [3.63, 3.8) is 0 Å². The van der Waals surface area contributed by atoms with Gasteiger partial charge in [-0.05, 0) is 87.3 Å². The summed E-state index contributed by atoms with van der Waals surface area (Å²) in [5.41, 5.74) is 4.26. The molecular formula is C43H54FN9O3. The molecule has 2 saturated heterocycles. The third kappa shape index (κ3) is 8.33. The number of nitrogens with zero attached hydrogens (tertiary/aromatic N) is 7. The number of hydrogen-bond donors (Lipinski definition) is 2. The first kappa shape index (κ1) is 37.7. The van der Waals surface area contributed by atoms with E-state index in [1.54, 1.807) is 4.68 Å². The van der Waals surface area contributed by atoms with Gasteiger partial charge >= 0.3 is 6.03 Å². The van der Waals surface area contributed by atoms with E-state index in [0.717, 1.165) is 85.3 Å². The van der Waals surface area contributed by atoms with Gasteiger partial charge in [-0.2, -0.15) is 5.10 Å². The molecule has 3 aromatic heterocycles. The largest absolute Gasteiger partial charge is 0.492 e. The van der Waals surface area contributed by atoms with Gasteiger partial charge < -0.3 is 19.7 Å². The number of fused-ring (bicyclic) bond motifs is 2. The molecule has 2 amide bonds. The van der Waals surface area contributed by atoms with Gasteiger partial charge in [0, 0.05) is 49.8 Å². The molecule has 296 valence electrons. The van der Waals surface area contributed by atoms with E-state index in [-0.39, 0.29) is 23.6 Å². The fourth-order valence-electron chi connectivity index (χ4n) is 8.17. The van der Waals surface area contributed by atoms with Gasteiger partial charge in [0.2, 0.25) is 5.95 Å². The third-order valence-corrected chi connectivity index (χ3v) is 11.4. The van der Waals surface area contributed by atoms with Gasteiger partial charge in [-0.1, -0.05) is 51.1 Å². The summed E-state index contributed by atoms with van der Waals surface area (Å²) >= 11 is 0. The van der Waals surface area contributed by atoms with E-state index >= 15 is 0 Å². The standard InChI is InChI=1S/C43H54FN9O3/c1-29-10-7-8-21-51(29)42-48-47-39-18-15-33(28-52(39)42)56-37-17-16-36(34-13-5-6-14-35(34)37)45-41(54)46-40-27-38(43(2,3)4)49-53(40)31-11-9-12-32(26-31)55-25-24-50-22-19-30(44)20-23-50/h5-6,9,11-15,18,26-30,36-37H,7-8,10,16-17,19-25H2,1-4H3,(H2,45,46,54)/t29-,36-,37+/m0/s1. The van der Waals surface area contributed by atoms with Crippen LogP contribution in [0, 0.1) is 0 Å². The van der Waals surface area contributed by atoms with E-state index in [2.05, 4.69) is 70.5 Å². The van der Waals surface area contributed by atoms with Crippen LogP contribution in [0.1, 0.15) is 102 Å². The predicted molar refractivity (Wildman–Crippen MR) is 216 cm³/mol. The summed E-state index contributed by atoms with van der Waals surface area (Å²) in [6.07, 6.45) is 7.26. The predicted octanol–water partition coefficient (Wildman–Crippen LogP) is 8.18. The number of halogens is 1. The topological polar surface area (TPSA) is 114 Å². The zero-order valence-corrected chi connectivity index (χ0v) is 33.0. The lowest BCUT2D eigenvalue weighted by Crippen LogP contribution is -2.38. The molecule has 0 radical (unpaired) electrons. The van der Waals surface area contributed by atoms with Crippen molar-refractivity contribution in [2.24, 2.45) is 0 Å². The van der Waals surface area contributed by atoms with Crippen molar-refractivity contribution in [2.75, 3.05) is 43.0 Å². The van der Waals surface area contributed by atoms with Gasteiger partial charge in [0.1, 0.15) is 36.2 Å². The number of hydrogen-bond acceptors (Lipinski definition) is 8.